The molecule has 55 heavy (non-hydrogen) atoms. The number of hydrogen-bond acceptors (Lipinski definition) is 7. The minimum absolute atomic E-state index is 0.00508. The Morgan fingerprint density at radius 1 is 0.909 bits per heavy atom. The van der Waals surface area contributed by atoms with Gasteiger partial charge in [-0.25, -0.2) is 0 Å². The highest BCUT2D eigenvalue weighted by molar-refractivity contribution is 6.01. The summed E-state index contributed by atoms with van der Waals surface area (Å²) in [6, 6.07) is 8.98. The lowest BCUT2D eigenvalue weighted by molar-refractivity contribution is -0.235. The molecule has 4 saturated carbocycles. The number of aliphatic carboxylic acids is 1. The predicted molar refractivity (Wildman–Crippen MR) is 211 cm³/mol. The van der Waals surface area contributed by atoms with E-state index < -0.39 is 28.9 Å². The summed E-state index contributed by atoms with van der Waals surface area (Å²) in [5, 5.41) is 32.0. The summed E-state index contributed by atoms with van der Waals surface area (Å²) in [6.45, 7) is 19.2. The second-order valence-corrected chi connectivity index (χ2v) is 20.4. The van der Waals surface area contributed by atoms with Crippen molar-refractivity contribution in [2.45, 2.75) is 139 Å². The van der Waals surface area contributed by atoms with E-state index in [2.05, 4.69) is 48.5 Å². The van der Waals surface area contributed by atoms with Gasteiger partial charge in [-0.3, -0.25) is 19.2 Å². The van der Waals surface area contributed by atoms with Gasteiger partial charge in [-0.2, -0.15) is 0 Å². The van der Waals surface area contributed by atoms with Gasteiger partial charge < -0.3 is 25.0 Å². The molecule has 0 spiro atoms. The Labute approximate surface area is 328 Å². The van der Waals surface area contributed by atoms with Crippen LogP contribution in [0.3, 0.4) is 0 Å². The Bertz CT molecular complexity index is 1710. The number of carbonyl (C=O) groups excluding carboxylic acids is 3. The first-order chi connectivity index (χ1) is 25.6. The topological polar surface area (TPSA) is 141 Å². The van der Waals surface area contributed by atoms with Gasteiger partial charge in [0.2, 0.25) is 0 Å². The Morgan fingerprint density at radius 3 is 2.20 bits per heavy atom. The first kappa shape index (κ1) is 41.6. The molecule has 0 bridgehead atoms. The average Bonchev–Trinajstić information content (AvgIpc) is 3.42. The van der Waals surface area contributed by atoms with E-state index in [1.165, 1.54) is 0 Å². The largest absolute Gasteiger partial charge is 0.481 e. The number of Topliss-reactive ketones (excluding diaryl/α,β-unsaturated/α-hetero) is 1. The summed E-state index contributed by atoms with van der Waals surface area (Å²) in [6.07, 6.45) is 6.03. The van der Waals surface area contributed by atoms with Crippen LogP contribution in [0.1, 0.15) is 137 Å². The summed E-state index contributed by atoms with van der Waals surface area (Å²) in [7, 11) is 0. The van der Waals surface area contributed by atoms with Gasteiger partial charge in [0.1, 0.15) is 6.10 Å². The molecule has 9 atom stereocenters. The van der Waals surface area contributed by atoms with Gasteiger partial charge in [0.15, 0.2) is 5.78 Å². The van der Waals surface area contributed by atoms with Gasteiger partial charge in [-0.05, 0) is 123 Å². The Morgan fingerprint density at radius 2 is 1.58 bits per heavy atom. The van der Waals surface area contributed by atoms with Crippen LogP contribution in [0.5, 0.6) is 0 Å². The summed E-state index contributed by atoms with van der Waals surface area (Å²) >= 11 is 0. The van der Waals surface area contributed by atoms with Gasteiger partial charge in [-0.15, -0.1) is 0 Å². The summed E-state index contributed by atoms with van der Waals surface area (Å²) < 4.78 is 6.16. The molecule has 0 radical (unpaired) electrons. The molecule has 0 saturated heterocycles. The van der Waals surface area contributed by atoms with Crippen LogP contribution in [0.2, 0.25) is 0 Å². The van der Waals surface area contributed by atoms with E-state index in [0.717, 1.165) is 56.1 Å². The van der Waals surface area contributed by atoms with Crippen molar-refractivity contribution in [1.29, 1.82) is 0 Å². The molecule has 9 heteroatoms. The maximum absolute atomic E-state index is 14.2. The molecule has 1 amide bonds. The van der Waals surface area contributed by atoms with Crippen LogP contribution in [0.15, 0.2) is 41.5 Å². The van der Waals surface area contributed by atoms with E-state index >= 15 is 0 Å². The highest BCUT2D eigenvalue weighted by Crippen LogP contribution is 2.77. The predicted octanol–water partition coefficient (Wildman–Crippen LogP) is 7.88. The summed E-state index contributed by atoms with van der Waals surface area (Å²) in [5.74, 6) is -0.690. The van der Waals surface area contributed by atoms with Crippen molar-refractivity contribution in [1.82, 2.24) is 4.90 Å². The van der Waals surface area contributed by atoms with Gasteiger partial charge in [0, 0.05) is 35.9 Å². The van der Waals surface area contributed by atoms with E-state index in [9.17, 15) is 34.5 Å². The zero-order chi connectivity index (χ0) is 40.5. The lowest BCUT2D eigenvalue weighted by atomic mass is 9.33. The van der Waals surface area contributed by atoms with Gasteiger partial charge in [0.05, 0.1) is 24.5 Å². The molecule has 5 aliphatic carbocycles. The maximum atomic E-state index is 14.2. The Hall–Kier alpha value is -3.04. The van der Waals surface area contributed by atoms with Gasteiger partial charge in [-0.1, -0.05) is 72.2 Å². The lowest BCUT2D eigenvalue weighted by Gasteiger charge is -2.72. The van der Waals surface area contributed by atoms with Crippen LogP contribution in [-0.2, 0) is 19.1 Å². The van der Waals surface area contributed by atoms with E-state index in [0.29, 0.717) is 23.8 Å². The van der Waals surface area contributed by atoms with Crippen molar-refractivity contribution in [2.75, 3.05) is 19.7 Å². The van der Waals surface area contributed by atoms with Crippen molar-refractivity contribution in [3.8, 4) is 0 Å². The Kier molecular flexibility index (Phi) is 10.9. The third-order valence-corrected chi connectivity index (χ3v) is 16.6. The molecule has 9 nitrogen and oxygen atoms in total. The zero-order valence-corrected chi connectivity index (χ0v) is 34.9. The molecule has 6 rings (SSSR count). The van der Waals surface area contributed by atoms with E-state index in [1.54, 1.807) is 30.9 Å². The van der Waals surface area contributed by atoms with E-state index in [4.69, 9.17) is 4.74 Å². The highest BCUT2D eigenvalue weighted by atomic mass is 16.5. The fraction of sp³-hybridized carbons (Fsp3) is 0.739. The van der Waals surface area contributed by atoms with Gasteiger partial charge >= 0.3 is 11.9 Å². The number of carboxylic acid groups (broad SMARTS) is 1. The molecule has 3 N–H and O–H groups in total. The zero-order valence-electron chi connectivity index (χ0n) is 34.9. The number of allylic oxidation sites excluding steroid dienone is 1. The summed E-state index contributed by atoms with van der Waals surface area (Å²) in [4.78, 5) is 54.3. The highest BCUT2D eigenvalue weighted by Gasteiger charge is 2.71. The molecule has 4 fully saturated rings. The van der Waals surface area contributed by atoms with Crippen molar-refractivity contribution in [3.63, 3.8) is 0 Å². The summed E-state index contributed by atoms with van der Waals surface area (Å²) in [5.41, 5.74) is 0.164. The van der Waals surface area contributed by atoms with Crippen molar-refractivity contribution >= 4 is 23.6 Å². The number of benzene rings is 1. The SMILES string of the molecule is CC(C)C1=C2[C@H]3CC[C@@H]4[C@@]5(C)CC[C@H](OC(=O)CC(C)(C)C(=O)O)C(C)(C)[C@@H]5CC[C@@]4(C)[C@]3(C)CC[C@@]2([C@@H](O)CN(CCO)C(=O)c2ccccc2)CC1=O. The molecule has 1 aromatic carbocycles. The fourth-order valence-electron chi connectivity index (χ4n) is 13.5. The number of hydrogen-bond donors (Lipinski definition) is 3. The second kappa shape index (κ2) is 14.4. The van der Waals surface area contributed by atoms with Crippen LogP contribution < -0.4 is 0 Å². The molecule has 5 aliphatic rings. The van der Waals surface area contributed by atoms with Gasteiger partial charge in [0.25, 0.3) is 5.91 Å². The number of amides is 1. The van der Waals surface area contributed by atoms with E-state index in [-0.39, 0.29) is 83.8 Å². The average molecular weight is 762 g/mol. The first-order valence-electron chi connectivity index (χ1n) is 20.9. The van der Waals surface area contributed by atoms with Crippen LogP contribution >= 0.6 is 0 Å². The molecular formula is C46H67NO8. The van der Waals surface area contributed by atoms with E-state index in [1.807, 2.05) is 18.2 Å². The lowest BCUT2D eigenvalue weighted by Crippen LogP contribution is -2.66. The molecule has 0 aliphatic heterocycles. The molecule has 0 heterocycles. The molecule has 304 valence electrons. The number of esters is 1. The Balaban J connectivity index is 1.30. The number of aliphatic hydroxyl groups is 2. The van der Waals surface area contributed by atoms with Crippen molar-refractivity contribution < 1.29 is 39.2 Å². The monoisotopic (exact) mass is 761 g/mol. The van der Waals surface area contributed by atoms with Crippen LogP contribution in [0.4, 0.5) is 0 Å². The molecule has 1 aromatic rings. The first-order valence-corrected chi connectivity index (χ1v) is 20.9. The normalized spacial score (nSPS) is 36.0. The number of carboxylic acids is 1. The molecule has 0 aromatic heterocycles. The molecular weight excluding hydrogens is 695 g/mol. The number of ether oxygens (including phenoxy) is 1. The number of fused-ring (bicyclic) bond motifs is 7. The van der Waals surface area contributed by atoms with Crippen molar-refractivity contribution in [3.05, 3.63) is 47.0 Å². The second-order valence-electron chi connectivity index (χ2n) is 20.4. The van der Waals surface area contributed by atoms with Crippen molar-refractivity contribution in [2.24, 2.45) is 56.2 Å². The third kappa shape index (κ3) is 6.51. The number of carbonyl (C=O) groups is 4. The number of aliphatic hydroxyl groups excluding tert-OH is 2. The quantitative estimate of drug-likeness (QED) is 0.194. The van der Waals surface area contributed by atoms with Crippen LogP contribution in [0, 0.1) is 56.2 Å². The minimum Gasteiger partial charge on any atom is -0.481 e. The van der Waals surface area contributed by atoms with Crippen LogP contribution in [0.25, 0.3) is 0 Å². The smallest absolute Gasteiger partial charge is 0.309 e. The third-order valence-electron chi connectivity index (χ3n) is 16.6. The minimum atomic E-state index is -1.19. The number of nitrogens with zero attached hydrogens (tertiary/aromatic N) is 1. The standard InChI is InChI=1S/C46H67NO8/c1-28(2)37-31(49)25-46(34(50)27-47(23-24-48)39(52)29-13-11-10-12-14-29)22-21-44(8)30(38(37)46)15-16-33-43(7)19-18-35(55-36(51)26-41(3,4)40(53)54)42(5,6)32(43)17-20-45(33,44)9/h10-14,28,30,32-35,48,50H,15-27H2,1-9H3,(H,53,54)/t30-,32+,33-,34+,35+,43+,44-,45-,46+/m1/s1. The fourth-order valence-corrected chi connectivity index (χ4v) is 13.5. The number of rotatable bonds is 11. The van der Waals surface area contributed by atoms with Crippen LogP contribution in [-0.4, -0.2) is 75.8 Å². The maximum Gasteiger partial charge on any atom is 0.309 e. The number of ketones is 1. The molecule has 0 unspecified atom stereocenters.